The van der Waals surface area contributed by atoms with Crippen molar-refractivity contribution in [3.8, 4) is 0 Å². The van der Waals surface area contributed by atoms with Crippen molar-refractivity contribution >= 4 is 17.5 Å². The molecule has 0 atom stereocenters. The van der Waals surface area contributed by atoms with Crippen LogP contribution < -0.4 is 5.32 Å². The van der Waals surface area contributed by atoms with E-state index in [1.54, 1.807) is 12.1 Å². The maximum Gasteiger partial charge on any atom is 0.253 e. The third-order valence-electron chi connectivity index (χ3n) is 5.34. The molecule has 1 aliphatic carbocycles. The Morgan fingerprint density at radius 1 is 0.885 bits per heavy atom. The fraction of sp³-hybridized carbons (Fsp3) is 0.364. The fourth-order valence-corrected chi connectivity index (χ4v) is 3.92. The molecule has 4 nitrogen and oxygen atoms in total. The van der Waals surface area contributed by atoms with Crippen molar-refractivity contribution < 1.29 is 9.59 Å². The number of aryl methyl sites for hydroxylation is 2. The monoisotopic (exact) mass is 348 g/mol. The van der Waals surface area contributed by atoms with E-state index in [0.717, 1.165) is 50.0 Å². The highest BCUT2D eigenvalue weighted by atomic mass is 16.2. The van der Waals surface area contributed by atoms with E-state index in [1.807, 2.05) is 17.0 Å². The van der Waals surface area contributed by atoms with Gasteiger partial charge in [-0.05, 0) is 73.1 Å². The molecule has 4 heteroatoms. The highest BCUT2D eigenvalue weighted by Crippen LogP contribution is 2.23. The number of carbonyl (C=O) groups excluding carboxylic acids is 2. The van der Waals surface area contributed by atoms with E-state index in [-0.39, 0.29) is 11.8 Å². The molecule has 134 valence electrons. The van der Waals surface area contributed by atoms with Crippen LogP contribution in [0.4, 0.5) is 5.69 Å². The average Bonchev–Trinajstić information content (AvgIpc) is 3.33. The minimum atomic E-state index is -0.0263. The van der Waals surface area contributed by atoms with Crippen LogP contribution in [0.3, 0.4) is 0 Å². The van der Waals surface area contributed by atoms with Crippen LogP contribution in [-0.4, -0.2) is 29.8 Å². The Kier molecular flexibility index (Phi) is 4.74. The fourth-order valence-electron chi connectivity index (χ4n) is 3.92. The quantitative estimate of drug-likeness (QED) is 0.918. The molecule has 1 aliphatic heterocycles. The lowest BCUT2D eigenvalue weighted by Gasteiger charge is -2.15. The zero-order chi connectivity index (χ0) is 17.9. The van der Waals surface area contributed by atoms with Gasteiger partial charge < -0.3 is 10.2 Å². The first-order chi connectivity index (χ1) is 12.7. The van der Waals surface area contributed by atoms with Crippen molar-refractivity contribution in [2.24, 2.45) is 0 Å². The van der Waals surface area contributed by atoms with Crippen molar-refractivity contribution in [2.75, 3.05) is 18.4 Å². The largest absolute Gasteiger partial charge is 0.339 e. The Hall–Kier alpha value is -2.62. The van der Waals surface area contributed by atoms with Crippen LogP contribution >= 0.6 is 0 Å². The second kappa shape index (κ2) is 7.32. The van der Waals surface area contributed by atoms with Gasteiger partial charge in [0.05, 0.1) is 6.42 Å². The number of fused-ring (bicyclic) bond motifs is 1. The molecule has 4 rings (SSSR count). The molecule has 1 saturated heterocycles. The van der Waals surface area contributed by atoms with Crippen molar-refractivity contribution in [1.29, 1.82) is 0 Å². The van der Waals surface area contributed by atoms with E-state index < -0.39 is 0 Å². The van der Waals surface area contributed by atoms with E-state index in [1.165, 1.54) is 17.5 Å². The summed E-state index contributed by atoms with van der Waals surface area (Å²) >= 11 is 0. The third-order valence-corrected chi connectivity index (χ3v) is 5.34. The highest BCUT2D eigenvalue weighted by molar-refractivity contribution is 5.96. The number of benzene rings is 2. The number of likely N-dealkylation sites (tertiary alicyclic amines) is 1. The summed E-state index contributed by atoms with van der Waals surface area (Å²) in [5.41, 5.74) is 5.29. The zero-order valence-corrected chi connectivity index (χ0v) is 15.0. The number of rotatable bonds is 4. The molecule has 2 aliphatic rings. The Morgan fingerprint density at radius 3 is 2.38 bits per heavy atom. The van der Waals surface area contributed by atoms with Gasteiger partial charge in [0, 0.05) is 24.3 Å². The maximum absolute atomic E-state index is 12.4. The summed E-state index contributed by atoms with van der Waals surface area (Å²) < 4.78 is 0. The maximum atomic E-state index is 12.4. The molecule has 2 aromatic carbocycles. The number of nitrogens with one attached hydrogen (secondary N) is 1. The molecule has 2 aromatic rings. The van der Waals surface area contributed by atoms with E-state index in [0.29, 0.717) is 12.0 Å². The van der Waals surface area contributed by atoms with Gasteiger partial charge in [-0.1, -0.05) is 18.2 Å². The lowest BCUT2D eigenvalue weighted by atomic mass is 10.0. The van der Waals surface area contributed by atoms with Gasteiger partial charge in [0.1, 0.15) is 0 Å². The van der Waals surface area contributed by atoms with Crippen molar-refractivity contribution in [3.63, 3.8) is 0 Å². The Morgan fingerprint density at radius 2 is 1.62 bits per heavy atom. The van der Waals surface area contributed by atoms with Crippen LogP contribution in [0.25, 0.3) is 0 Å². The van der Waals surface area contributed by atoms with Gasteiger partial charge in [0.15, 0.2) is 0 Å². The summed E-state index contributed by atoms with van der Waals surface area (Å²) in [5, 5.41) is 2.93. The number of nitrogens with zero attached hydrogens (tertiary/aromatic N) is 1. The Labute approximate surface area is 154 Å². The Bertz CT molecular complexity index is 821. The van der Waals surface area contributed by atoms with Gasteiger partial charge in [-0.2, -0.15) is 0 Å². The second-order valence-electron chi connectivity index (χ2n) is 7.26. The molecule has 26 heavy (non-hydrogen) atoms. The smallest absolute Gasteiger partial charge is 0.253 e. The normalized spacial score (nSPS) is 15.8. The molecule has 0 saturated carbocycles. The molecule has 1 heterocycles. The van der Waals surface area contributed by atoms with Crippen LogP contribution in [0, 0.1) is 0 Å². The number of anilines is 1. The molecular weight excluding hydrogens is 324 g/mol. The summed E-state index contributed by atoms with van der Waals surface area (Å²) in [5.74, 6) is 0.0556. The van der Waals surface area contributed by atoms with Crippen LogP contribution in [0.15, 0.2) is 42.5 Å². The van der Waals surface area contributed by atoms with Crippen molar-refractivity contribution in [2.45, 2.75) is 38.5 Å². The molecular formula is C22H24N2O2. The molecule has 1 N–H and O–H groups in total. The summed E-state index contributed by atoms with van der Waals surface area (Å²) in [6, 6.07) is 13.6. The van der Waals surface area contributed by atoms with Gasteiger partial charge in [0.2, 0.25) is 5.91 Å². The first kappa shape index (κ1) is 16.8. The molecule has 2 amide bonds. The highest BCUT2D eigenvalue weighted by Gasteiger charge is 2.19. The number of hydrogen-bond donors (Lipinski definition) is 1. The van der Waals surface area contributed by atoms with Crippen molar-refractivity contribution in [1.82, 2.24) is 4.90 Å². The predicted molar refractivity (Wildman–Crippen MR) is 102 cm³/mol. The summed E-state index contributed by atoms with van der Waals surface area (Å²) in [7, 11) is 0. The van der Waals surface area contributed by atoms with E-state index >= 15 is 0 Å². The molecule has 0 unspecified atom stereocenters. The summed E-state index contributed by atoms with van der Waals surface area (Å²) in [6.07, 6.45) is 6.04. The second-order valence-corrected chi connectivity index (χ2v) is 7.26. The minimum absolute atomic E-state index is 0.0263. The van der Waals surface area contributed by atoms with Gasteiger partial charge >= 0.3 is 0 Å². The molecule has 0 aromatic heterocycles. The Balaban J connectivity index is 1.36. The first-order valence-corrected chi connectivity index (χ1v) is 9.49. The van der Waals surface area contributed by atoms with Gasteiger partial charge in [-0.3, -0.25) is 9.59 Å². The van der Waals surface area contributed by atoms with Crippen LogP contribution in [0.1, 0.15) is 46.3 Å². The van der Waals surface area contributed by atoms with Crippen LogP contribution in [0.2, 0.25) is 0 Å². The standard InChI is InChI=1S/C22H24N2O2/c25-21(15-16-6-7-17-4-3-5-19(17)14-16)23-20-10-8-18(9-11-20)22(26)24-12-1-2-13-24/h6-11,14H,1-5,12-13,15H2,(H,23,25). The third kappa shape index (κ3) is 3.64. The average molecular weight is 348 g/mol. The van der Waals surface area contributed by atoms with Crippen LogP contribution in [0.5, 0.6) is 0 Å². The van der Waals surface area contributed by atoms with E-state index in [2.05, 4.69) is 23.5 Å². The minimum Gasteiger partial charge on any atom is -0.339 e. The topological polar surface area (TPSA) is 49.4 Å². The van der Waals surface area contributed by atoms with Gasteiger partial charge in [0.25, 0.3) is 5.91 Å². The number of amides is 2. The first-order valence-electron chi connectivity index (χ1n) is 9.49. The molecule has 0 radical (unpaired) electrons. The van der Waals surface area contributed by atoms with Crippen LogP contribution in [-0.2, 0) is 24.1 Å². The van der Waals surface area contributed by atoms with E-state index in [9.17, 15) is 9.59 Å². The molecule has 0 spiro atoms. The zero-order valence-electron chi connectivity index (χ0n) is 15.0. The lowest BCUT2D eigenvalue weighted by Crippen LogP contribution is -2.27. The predicted octanol–water partition coefficient (Wildman–Crippen LogP) is 3.59. The van der Waals surface area contributed by atoms with Crippen molar-refractivity contribution in [3.05, 3.63) is 64.7 Å². The van der Waals surface area contributed by atoms with Gasteiger partial charge in [-0.15, -0.1) is 0 Å². The molecule has 0 bridgehead atoms. The summed E-state index contributed by atoms with van der Waals surface area (Å²) in [4.78, 5) is 26.6. The number of carbonyl (C=O) groups is 2. The summed E-state index contributed by atoms with van der Waals surface area (Å²) in [6.45, 7) is 1.69. The SMILES string of the molecule is O=C(Cc1ccc2c(c1)CCC2)Nc1ccc(C(=O)N2CCCC2)cc1. The van der Waals surface area contributed by atoms with E-state index in [4.69, 9.17) is 0 Å². The van der Waals surface area contributed by atoms with Gasteiger partial charge in [-0.25, -0.2) is 0 Å². The molecule has 1 fully saturated rings. The number of hydrogen-bond acceptors (Lipinski definition) is 2. The lowest BCUT2D eigenvalue weighted by molar-refractivity contribution is -0.115.